The molecule has 19 heavy (non-hydrogen) atoms. The second-order valence-electron chi connectivity index (χ2n) is 4.81. The summed E-state index contributed by atoms with van der Waals surface area (Å²) in [5.74, 6) is 0.497. The van der Waals surface area contributed by atoms with Crippen LogP contribution in [0, 0.1) is 0 Å². The highest BCUT2D eigenvalue weighted by atomic mass is 32.2. The van der Waals surface area contributed by atoms with E-state index in [1.165, 1.54) is 7.11 Å². The van der Waals surface area contributed by atoms with Crippen molar-refractivity contribution in [1.82, 2.24) is 25.5 Å². The van der Waals surface area contributed by atoms with Crippen molar-refractivity contribution in [2.75, 3.05) is 19.9 Å². The third kappa shape index (κ3) is 3.24. The summed E-state index contributed by atoms with van der Waals surface area (Å²) >= 11 is 1.57. The average molecular weight is 285 g/mol. The first kappa shape index (κ1) is 14.3. The van der Waals surface area contributed by atoms with E-state index in [1.54, 1.807) is 18.8 Å². The molecule has 2 rings (SSSR count). The molecule has 0 radical (unpaired) electrons. The maximum absolute atomic E-state index is 11.7. The minimum absolute atomic E-state index is 0.252. The second kappa shape index (κ2) is 5.87. The molecular formula is C11H19N5O2S. The Labute approximate surface area is 116 Å². The summed E-state index contributed by atoms with van der Waals surface area (Å²) in [4.78, 5) is 11.7. The van der Waals surface area contributed by atoms with Crippen molar-refractivity contribution in [3.63, 3.8) is 0 Å². The summed E-state index contributed by atoms with van der Waals surface area (Å²) in [6, 6.07) is 0.466. The minimum atomic E-state index is -0.667. The van der Waals surface area contributed by atoms with E-state index in [-0.39, 0.29) is 5.97 Å². The van der Waals surface area contributed by atoms with E-state index in [2.05, 4.69) is 20.8 Å². The van der Waals surface area contributed by atoms with Crippen LogP contribution >= 0.6 is 11.8 Å². The van der Waals surface area contributed by atoms with Gasteiger partial charge in [0.25, 0.3) is 0 Å². The van der Waals surface area contributed by atoms with Gasteiger partial charge >= 0.3 is 5.97 Å². The lowest BCUT2D eigenvalue weighted by Gasteiger charge is -2.25. The highest BCUT2D eigenvalue weighted by molar-refractivity contribution is 7.99. The van der Waals surface area contributed by atoms with Crippen molar-refractivity contribution < 1.29 is 9.53 Å². The Hall–Kier alpha value is -1.15. The Bertz CT molecular complexity index is 448. The zero-order valence-electron chi connectivity index (χ0n) is 11.4. The van der Waals surface area contributed by atoms with Gasteiger partial charge in [-0.05, 0) is 43.7 Å². The summed E-state index contributed by atoms with van der Waals surface area (Å²) in [5.41, 5.74) is -0.667. The largest absolute Gasteiger partial charge is 0.468 e. The van der Waals surface area contributed by atoms with E-state index in [0.29, 0.717) is 12.5 Å². The number of ether oxygens (including phenoxy) is 1. The van der Waals surface area contributed by atoms with Gasteiger partial charge in [-0.15, -0.1) is 5.10 Å². The van der Waals surface area contributed by atoms with Crippen molar-refractivity contribution in [2.24, 2.45) is 0 Å². The molecule has 0 amide bonds. The standard InChI is InChI=1S/C11H19N5O2S/c1-11(12-2,9(17)18-3)6-7-19-10-13-14-15-16(10)8-4-5-8/h8,12H,4-7H2,1-3H3. The molecule has 0 aliphatic heterocycles. The number of aromatic nitrogens is 4. The number of nitrogens with zero attached hydrogens (tertiary/aromatic N) is 4. The molecule has 0 spiro atoms. The maximum Gasteiger partial charge on any atom is 0.325 e. The number of hydrogen-bond donors (Lipinski definition) is 1. The Morgan fingerprint density at radius 2 is 2.37 bits per heavy atom. The molecule has 1 aromatic heterocycles. The van der Waals surface area contributed by atoms with E-state index in [4.69, 9.17) is 4.74 Å². The van der Waals surface area contributed by atoms with Gasteiger partial charge in [0.15, 0.2) is 0 Å². The first-order valence-electron chi connectivity index (χ1n) is 6.28. The van der Waals surface area contributed by atoms with Crippen molar-refractivity contribution in [2.45, 2.75) is 42.9 Å². The summed E-state index contributed by atoms with van der Waals surface area (Å²) in [5, 5.41) is 15.6. The van der Waals surface area contributed by atoms with Gasteiger partial charge in [0.1, 0.15) is 5.54 Å². The van der Waals surface area contributed by atoms with E-state index in [1.807, 2.05) is 11.6 Å². The Kier molecular flexibility index (Phi) is 4.41. The second-order valence-corrected chi connectivity index (χ2v) is 5.87. The molecule has 8 heteroatoms. The number of methoxy groups -OCH3 is 1. The lowest BCUT2D eigenvalue weighted by Crippen LogP contribution is -2.48. The third-order valence-electron chi connectivity index (χ3n) is 3.38. The molecule has 0 aromatic carbocycles. The first-order valence-corrected chi connectivity index (χ1v) is 7.27. The fourth-order valence-electron chi connectivity index (χ4n) is 1.73. The van der Waals surface area contributed by atoms with Crippen LogP contribution < -0.4 is 5.32 Å². The van der Waals surface area contributed by atoms with Crippen LogP contribution in [0.15, 0.2) is 5.16 Å². The minimum Gasteiger partial charge on any atom is -0.468 e. The van der Waals surface area contributed by atoms with Crippen LogP contribution in [0.25, 0.3) is 0 Å². The lowest BCUT2D eigenvalue weighted by molar-refractivity contribution is -0.147. The van der Waals surface area contributed by atoms with Crippen LogP contribution in [-0.2, 0) is 9.53 Å². The summed E-state index contributed by atoms with van der Waals surface area (Å²) in [6.45, 7) is 1.84. The van der Waals surface area contributed by atoms with Gasteiger partial charge in [-0.2, -0.15) is 0 Å². The molecule has 0 saturated heterocycles. The monoisotopic (exact) mass is 285 g/mol. The van der Waals surface area contributed by atoms with E-state index < -0.39 is 5.54 Å². The topological polar surface area (TPSA) is 81.9 Å². The van der Waals surface area contributed by atoms with E-state index >= 15 is 0 Å². The number of tetrazole rings is 1. The zero-order chi connectivity index (χ0) is 13.9. The molecule has 1 atom stereocenters. The van der Waals surface area contributed by atoms with Gasteiger partial charge in [-0.25, -0.2) is 4.68 Å². The molecule has 1 fully saturated rings. The summed E-state index contributed by atoms with van der Waals surface area (Å²) < 4.78 is 6.68. The summed E-state index contributed by atoms with van der Waals surface area (Å²) in [6.07, 6.45) is 2.95. The van der Waals surface area contributed by atoms with Crippen molar-refractivity contribution in [1.29, 1.82) is 0 Å². The quantitative estimate of drug-likeness (QED) is 0.581. The molecule has 7 nitrogen and oxygen atoms in total. The predicted molar refractivity (Wildman–Crippen MR) is 70.9 cm³/mol. The van der Waals surface area contributed by atoms with E-state index in [0.717, 1.165) is 23.8 Å². The fourth-order valence-corrected chi connectivity index (χ4v) is 2.83. The van der Waals surface area contributed by atoms with Gasteiger partial charge in [0, 0.05) is 5.75 Å². The first-order chi connectivity index (χ1) is 9.10. The van der Waals surface area contributed by atoms with Crippen LogP contribution in [-0.4, -0.2) is 51.6 Å². The smallest absolute Gasteiger partial charge is 0.325 e. The van der Waals surface area contributed by atoms with Crippen LogP contribution in [0.1, 0.15) is 32.2 Å². The number of nitrogens with one attached hydrogen (secondary N) is 1. The van der Waals surface area contributed by atoms with Crippen LogP contribution in [0.4, 0.5) is 0 Å². The van der Waals surface area contributed by atoms with Crippen molar-refractivity contribution in [3.05, 3.63) is 0 Å². The number of hydrogen-bond acceptors (Lipinski definition) is 7. The van der Waals surface area contributed by atoms with Crippen molar-refractivity contribution >= 4 is 17.7 Å². The van der Waals surface area contributed by atoms with E-state index in [9.17, 15) is 4.79 Å². The zero-order valence-corrected chi connectivity index (χ0v) is 12.2. The molecule has 1 saturated carbocycles. The fraction of sp³-hybridized carbons (Fsp3) is 0.818. The molecule has 1 unspecified atom stereocenters. The maximum atomic E-state index is 11.7. The average Bonchev–Trinajstić information content (AvgIpc) is 3.17. The number of rotatable bonds is 7. The predicted octanol–water partition coefficient (Wildman–Crippen LogP) is 0.641. The molecule has 1 heterocycles. The van der Waals surface area contributed by atoms with Gasteiger partial charge in [-0.1, -0.05) is 11.8 Å². The number of carbonyl (C=O) groups is 1. The van der Waals surface area contributed by atoms with Gasteiger partial charge in [0.05, 0.1) is 13.2 Å². The van der Waals surface area contributed by atoms with Crippen LogP contribution in [0.3, 0.4) is 0 Å². The highest BCUT2D eigenvalue weighted by Crippen LogP contribution is 2.36. The van der Waals surface area contributed by atoms with Crippen LogP contribution in [0.2, 0.25) is 0 Å². The SMILES string of the molecule is CNC(C)(CCSc1nnnn1C1CC1)C(=O)OC. The Morgan fingerprint density at radius 1 is 1.63 bits per heavy atom. The molecule has 106 valence electrons. The molecule has 1 aliphatic rings. The highest BCUT2D eigenvalue weighted by Gasteiger charge is 2.33. The van der Waals surface area contributed by atoms with Gasteiger partial charge in [-0.3, -0.25) is 4.79 Å². The number of esters is 1. The molecule has 0 bridgehead atoms. The van der Waals surface area contributed by atoms with Crippen LogP contribution in [0.5, 0.6) is 0 Å². The normalized spacial score (nSPS) is 18.1. The lowest BCUT2D eigenvalue weighted by atomic mass is 10.00. The Morgan fingerprint density at radius 3 is 2.95 bits per heavy atom. The summed E-state index contributed by atoms with van der Waals surface area (Å²) in [7, 11) is 3.16. The number of likely N-dealkylation sites (N-methyl/N-ethyl adjacent to an activating group) is 1. The molecule has 1 N–H and O–H groups in total. The molecule has 1 aromatic rings. The third-order valence-corrected chi connectivity index (χ3v) is 4.31. The number of thioether (sulfide) groups is 1. The number of carbonyl (C=O) groups excluding carboxylic acids is 1. The van der Waals surface area contributed by atoms with Crippen molar-refractivity contribution in [3.8, 4) is 0 Å². The van der Waals surface area contributed by atoms with Gasteiger partial charge < -0.3 is 10.1 Å². The Balaban J connectivity index is 1.88. The van der Waals surface area contributed by atoms with Gasteiger partial charge in [0.2, 0.25) is 5.16 Å². The molecular weight excluding hydrogens is 266 g/mol. The molecule has 1 aliphatic carbocycles.